The van der Waals surface area contributed by atoms with Crippen molar-refractivity contribution in [3.8, 4) is 0 Å². The first-order chi connectivity index (χ1) is 9.25. The molecule has 3 nitrogen and oxygen atoms in total. The Balaban J connectivity index is 0.00000147. The van der Waals surface area contributed by atoms with Gasteiger partial charge >= 0.3 is 0 Å². The van der Waals surface area contributed by atoms with Crippen LogP contribution in [-0.2, 0) is 11.2 Å². The van der Waals surface area contributed by atoms with E-state index in [0.29, 0.717) is 5.91 Å². The van der Waals surface area contributed by atoms with E-state index in [9.17, 15) is 4.79 Å². The number of nitrogens with one attached hydrogen (secondary N) is 1. The fourth-order valence-corrected chi connectivity index (χ4v) is 3.24. The summed E-state index contributed by atoms with van der Waals surface area (Å²) in [4.78, 5) is 14.7. The van der Waals surface area contributed by atoms with Crippen molar-refractivity contribution in [2.75, 3.05) is 24.5 Å². The molecule has 0 bridgehead atoms. The van der Waals surface area contributed by atoms with Crippen molar-refractivity contribution in [1.29, 1.82) is 0 Å². The summed E-state index contributed by atoms with van der Waals surface area (Å²) in [6, 6.07) is 6.47. The molecule has 1 aromatic rings. The molecule has 110 valence electrons. The number of anilines is 1. The third-order valence-electron chi connectivity index (χ3n) is 4.27. The number of nitrogens with zero attached hydrogens (tertiary/aromatic N) is 1. The maximum Gasteiger partial charge on any atom is 0.231 e. The summed E-state index contributed by atoms with van der Waals surface area (Å²) in [7, 11) is 0. The van der Waals surface area contributed by atoms with Crippen LogP contribution in [0.1, 0.15) is 30.4 Å². The quantitative estimate of drug-likeness (QED) is 0.864. The predicted molar refractivity (Wildman–Crippen MR) is 84.7 cm³/mol. The summed E-state index contributed by atoms with van der Waals surface area (Å²) in [5.74, 6) is 0.484. The van der Waals surface area contributed by atoms with Gasteiger partial charge in [0.2, 0.25) is 5.91 Å². The molecule has 0 unspecified atom stereocenters. The molecule has 0 aromatic heterocycles. The number of benzene rings is 1. The van der Waals surface area contributed by atoms with Crippen LogP contribution in [0, 0.1) is 12.8 Å². The van der Waals surface area contributed by atoms with Crippen molar-refractivity contribution < 1.29 is 4.79 Å². The Hall–Kier alpha value is -1.06. The summed E-state index contributed by atoms with van der Waals surface area (Å²) in [6.07, 6.45) is 4.33. The van der Waals surface area contributed by atoms with Crippen LogP contribution in [0.2, 0.25) is 0 Å². The number of hydrogen-bond donors (Lipinski definition) is 1. The zero-order chi connectivity index (χ0) is 13.2. The molecule has 20 heavy (non-hydrogen) atoms. The molecular weight excluding hydrogens is 272 g/mol. The second kappa shape index (κ2) is 6.59. The molecule has 3 rings (SSSR count). The Bertz CT molecular complexity index is 483. The number of halogens is 1. The standard InChI is InChI=1S/C16H22N2O.ClH/c1-12-6-7-15-13(10-12)5-3-9-18(15)16(19)14-4-2-8-17-11-14;/h6-7,10,14,17H,2-5,8-9,11H2,1H3;1H/t14-;/m1./s1. The number of amides is 1. The van der Waals surface area contributed by atoms with Gasteiger partial charge in [-0.25, -0.2) is 0 Å². The molecule has 2 heterocycles. The summed E-state index contributed by atoms with van der Waals surface area (Å²) in [5, 5.41) is 3.34. The molecule has 1 atom stereocenters. The summed E-state index contributed by atoms with van der Waals surface area (Å²) in [5.41, 5.74) is 3.77. The summed E-state index contributed by atoms with van der Waals surface area (Å²) in [6.45, 7) is 4.90. The third kappa shape index (κ3) is 2.99. The van der Waals surface area contributed by atoms with Gasteiger partial charge in [-0.3, -0.25) is 4.79 Å². The van der Waals surface area contributed by atoms with E-state index in [1.165, 1.54) is 11.1 Å². The Morgan fingerprint density at radius 2 is 2.20 bits per heavy atom. The molecule has 1 aromatic carbocycles. The molecule has 1 saturated heterocycles. The lowest BCUT2D eigenvalue weighted by Crippen LogP contribution is -2.45. The average molecular weight is 295 g/mol. The van der Waals surface area contributed by atoms with E-state index in [0.717, 1.165) is 51.0 Å². The number of rotatable bonds is 1. The van der Waals surface area contributed by atoms with E-state index in [4.69, 9.17) is 0 Å². The van der Waals surface area contributed by atoms with Crippen LogP contribution in [0.3, 0.4) is 0 Å². The van der Waals surface area contributed by atoms with Gasteiger partial charge in [0, 0.05) is 18.8 Å². The normalized spacial score (nSPS) is 21.9. The van der Waals surface area contributed by atoms with Gasteiger partial charge < -0.3 is 10.2 Å². The first-order valence-electron chi connectivity index (χ1n) is 7.37. The van der Waals surface area contributed by atoms with E-state index in [1.54, 1.807) is 0 Å². The van der Waals surface area contributed by atoms with Gasteiger partial charge in [0.25, 0.3) is 0 Å². The lowest BCUT2D eigenvalue weighted by molar-refractivity contribution is -0.122. The Labute approximate surface area is 127 Å². The molecule has 1 amide bonds. The SMILES string of the molecule is Cc1ccc2c(c1)CCCN2C(=O)[C@@H]1CCCNC1.Cl. The van der Waals surface area contributed by atoms with Gasteiger partial charge in [0.05, 0.1) is 5.92 Å². The zero-order valence-electron chi connectivity index (χ0n) is 12.0. The van der Waals surface area contributed by atoms with Crippen LogP contribution in [0.25, 0.3) is 0 Å². The highest BCUT2D eigenvalue weighted by Gasteiger charge is 2.29. The Morgan fingerprint density at radius 3 is 2.95 bits per heavy atom. The lowest BCUT2D eigenvalue weighted by Gasteiger charge is -2.34. The molecule has 0 aliphatic carbocycles. The molecule has 1 N–H and O–H groups in total. The average Bonchev–Trinajstić information content (AvgIpc) is 2.46. The lowest BCUT2D eigenvalue weighted by atomic mass is 9.94. The minimum absolute atomic E-state index is 0. The van der Waals surface area contributed by atoms with Gasteiger partial charge in [-0.2, -0.15) is 0 Å². The van der Waals surface area contributed by atoms with E-state index < -0.39 is 0 Å². The molecule has 1 fully saturated rings. The van der Waals surface area contributed by atoms with Crippen LogP contribution in [0.15, 0.2) is 18.2 Å². The molecule has 2 aliphatic rings. The highest BCUT2D eigenvalue weighted by molar-refractivity contribution is 5.96. The molecule has 0 saturated carbocycles. The Morgan fingerprint density at radius 1 is 1.35 bits per heavy atom. The molecule has 2 aliphatic heterocycles. The monoisotopic (exact) mass is 294 g/mol. The van der Waals surface area contributed by atoms with Crippen molar-refractivity contribution in [2.24, 2.45) is 5.92 Å². The fraction of sp³-hybridized carbons (Fsp3) is 0.562. The number of fused-ring (bicyclic) bond motifs is 1. The van der Waals surface area contributed by atoms with E-state index >= 15 is 0 Å². The van der Waals surface area contributed by atoms with Crippen LogP contribution >= 0.6 is 12.4 Å². The van der Waals surface area contributed by atoms with Crippen molar-refractivity contribution in [3.63, 3.8) is 0 Å². The number of carbonyl (C=O) groups is 1. The number of piperidine rings is 1. The predicted octanol–water partition coefficient (Wildman–Crippen LogP) is 2.70. The molecular formula is C16H23ClN2O. The minimum atomic E-state index is 0. The largest absolute Gasteiger partial charge is 0.316 e. The third-order valence-corrected chi connectivity index (χ3v) is 4.27. The molecule has 4 heteroatoms. The highest BCUT2D eigenvalue weighted by atomic mass is 35.5. The van der Waals surface area contributed by atoms with E-state index in [-0.39, 0.29) is 18.3 Å². The van der Waals surface area contributed by atoms with Crippen molar-refractivity contribution >= 4 is 24.0 Å². The smallest absolute Gasteiger partial charge is 0.231 e. The van der Waals surface area contributed by atoms with Gasteiger partial charge in [0.1, 0.15) is 0 Å². The molecule has 0 spiro atoms. The fourth-order valence-electron chi connectivity index (χ4n) is 3.24. The first kappa shape index (κ1) is 15.3. The highest BCUT2D eigenvalue weighted by Crippen LogP contribution is 2.30. The maximum absolute atomic E-state index is 12.7. The van der Waals surface area contributed by atoms with Gasteiger partial charge in [0.15, 0.2) is 0 Å². The van der Waals surface area contributed by atoms with E-state index in [2.05, 4.69) is 30.4 Å². The van der Waals surface area contributed by atoms with Crippen LogP contribution in [0.5, 0.6) is 0 Å². The number of hydrogen-bond acceptors (Lipinski definition) is 2. The van der Waals surface area contributed by atoms with Gasteiger partial charge in [-0.1, -0.05) is 17.7 Å². The zero-order valence-corrected chi connectivity index (χ0v) is 12.8. The number of carbonyl (C=O) groups excluding carboxylic acids is 1. The molecule has 0 radical (unpaired) electrons. The van der Waals surface area contributed by atoms with Crippen molar-refractivity contribution in [3.05, 3.63) is 29.3 Å². The topological polar surface area (TPSA) is 32.3 Å². The van der Waals surface area contributed by atoms with E-state index in [1.807, 2.05) is 4.90 Å². The second-order valence-electron chi connectivity index (χ2n) is 5.77. The van der Waals surface area contributed by atoms with Crippen LogP contribution in [0.4, 0.5) is 5.69 Å². The summed E-state index contributed by atoms with van der Waals surface area (Å²) < 4.78 is 0. The van der Waals surface area contributed by atoms with Gasteiger partial charge in [-0.15, -0.1) is 12.4 Å². The number of aryl methyl sites for hydroxylation is 2. The second-order valence-corrected chi connectivity index (χ2v) is 5.77. The van der Waals surface area contributed by atoms with Crippen molar-refractivity contribution in [1.82, 2.24) is 5.32 Å². The summed E-state index contributed by atoms with van der Waals surface area (Å²) >= 11 is 0. The van der Waals surface area contributed by atoms with Crippen LogP contribution < -0.4 is 10.2 Å². The maximum atomic E-state index is 12.7. The minimum Gasteiger partial charge on any atom is -0.316 e. The van der Waals surface area contributed by atoms with Crippen molar-refractivity contribution in [2.45, 2.75) is 32.6 Å². The van der Waals surface area contributed by atoms with Gasteiger partial charge in [-0.05, 0) is 50.8 Å². The Kier molecular flexibility index (Phi) is 5.06. The first-order valence-corrected chi connectivity index (χ1v) is 7.37. The van der Waals surface area contributed by atoms with Crippen LogP contribution in [-0.4, -0.2) is 25.5 Å².